The lowest BCUT2D eigenvalue weighted by molar-refractivity contribution is -0.928. The Balaban J connectivity index is 1.32. The molecule has 124 valence electrons. The Bertz CT molecular complexity index is 419. The van der Waals surface area contributed by atoms with Crippen molar-refractivity contribution in [1.29, 1.82) is 0 Å². The van der Waals surface area contributed by atoms with Gasteiger partial charge >= 0.3 is 0 Å². The molecule has 0 spiro atoms. The van der Waals surface area contributed by atoms with Crippen molar-refractivity contribution in [3.05, 3.63) is 12.2 Å². The summed E-state index contributed by atoms with van der Waals surface area (Å²) in [5, 5.41) is 0. The van der Waals surface area contributed by atoms with Crippen LogP contribution < -0.4 is 0 Å². The van der Waals surface area contributed by atoms with E-state index in [0.29, 0.717) is 0 Å². The third-order valence-corrected chi connectivity index (χ3v) is 7.34. The Morgan fingerprint density at radius 1 is 0.864 bits per heavy atom. The summed E-state index contributed by atoms with van der Waals surface area (Å²) >= 11 is 0. The van der Waals surface area contributed by atoms with Crippen LogP contribution in [0.2, 0.25) is 0 Å². The monoisotopic (exact) mass is 306 g/mol. The maximum absolute atomic E-state index is 5.53. The number of ether oxygens (including phenoxy) is 1. The highest BCUT2D eigenvalue weighted by Gasteiger charge is 2.51. The lowest BCUT2D eigenvalue weighted by Gasteiger charge is -2.38. The molecule has 2 bridgehead atoms. The second-order valence-electron chi connectivity index (χ2n) is 9.08. The molecule has 0 amide bonds. The topological polar surface area (TPSA) is 9.23 Å². The number of morpholine rings is 1. The van der Waals surface area contributed by atoms with Gasteiger partial charge in [-0.15, -0.1) is 0 Å². The highest BCUT2D eigenvalue weighted by atomic mass is 16.5. The first-order valence-corrected chi connectivity index (χ1v) is 9.50. The normalized spacial score (nSPS) is 45.9. The molecule has 22 heavy (non-hydrogen) atoms. The Kier molecular flexibility index (Phi) is 3.87. The number of rotatable bonds is 4. The van der Waals surface area contributed by atoms with Crippen LogP contribution in [0.5, 0.6) is 0 Å². The standard InChI is InChI=1S/C19H34N2O/c1-20(10-12-22-13-11-20)8-3-9-21(2)14-18-16-4-5-17(7-6-16)19(18)15-21/h4-5,16-19H,3,6-15H2,1-2H3/q+2/t16-,17+,18-,19-,21?/m1/s1. The predicted molar refractivity (Wildman–Crippen MR) is 89.3 cm³/mol. The second-order valence-corrected chi connectivity index (χ2v) is 9.08. The van der Waals surface area contributed by atoms with E-state index in [4.69, 9.17) is 4.74 Å². The summed E-state index contributed by atoms with van der Waals surface area (Å²) in [5.41, 5.74) is 0. The molecular weight excluding hydrogens is 272 g/mol. The van der Waals surface area contributed by atoms with E-state index in [9.17, 15) is 0 Å². The SMILES string of the molecule is C[N+]1(CCC[N+]2(C)C[C@H]3[C@H](C2)[C@H]2C=C[C@@H]3CC2)CCOCC1. The van der Waals surface area contributed by atoms with Gasteiger partial charge in [0.2, 0.25) is 0 Å². The molecule has 3 heteroatoms. The third-order valence-electron chi connectivity index (χ3n) is 7.34. The molecule has 0 radical (unpaired) electrons. The van der Waals surface area contributed by atoms with Gasteiger partial charge in [-0.2, -0.15) is 0 Å². The summed E-state index contributed by atoms with van der Waals surface area (Å²) in [4.78, 5) is 0. The highest BCUT2D eigenvalue weighted by Crippen LogP contribution is 2.49. The predicted octanol–water partition coefficient (Wildman–Crippen LogP) is 2.14. The van der Waals surface area contributed by atoms with Gasteiger partial charge in [-0.05, 0) is 24.7 Å². The number of likely N-dealkylation sites (N-methyl/N-ethyl adjacent to an activating group) is 1. The molecule has 2 saturated heterocycles. The Labute approximate surface area is 136 Å². The van der Waals surface area contributed by atoms with E-state index in [-0.39, 0.29) is 0 Å². The largest absolute Gasteiger partial charge is 0.370 e. The van der Waals surface area contributed by atoms with Crippen LogP contribution in [-0.4, -0.2) is 75.5 Å². The molecule has 0 aromatic carbocycles. The molecule has 0 aromatic rings. The van der Waals surface area contributed by atoms with Gasteiger partial charge in [-0.25, -0.2) is 0 Å². The highest BCUT2D eigenvalue weighted by molar-refractivity contribution is 5.10. The Hall–Kier alpha value is -0.380. The molecule has 1 unspecified atom stereocenters. The molecule has 2 heterocycles. The fourth-order valence-corrected chi connectivity index (χ4v) is 5.87. The van der Waals surface area contributed by atoms with E-state index in [2.05, 4.69) is 26.2 Å². The second kappa shape index (κ2) is 5.61. The molecule has 2 aliphatic heterocycles. The van der Waals surface area contributed by atoms with E-state index in [1.165, 1.54) is 67.5 Å². The van der Waals surface area contributed by atoms with Crippen molar-refractivity contribution in [3.63, 3.8) is 0 Å². The molecule has 5 aliphatic rings. The quantitative estimate of drug-likeness (QED) is 0.571. The van der Waals surface area contributed by atoms with Gasteiger partial charge in [-0.1, -0.05) is 12.2 Å². The first-order valence-electron chi connectivity index (χ1n) is 9.50. The summed E-state index contributed by atoms with van der Waals surface area (Å²) < 4.78 is 8.12. The molecule has 3 nitrogen and oxygen atoms in total. The van der Waals surface area contributed by atoms with E-state index in [1.54, 1.807) is 0 Å². The van der Waals surface area contributed by atoms with Crippen molar-refractivity contribution in [3.8, 4) is 0 Å². The fraction of sp³-hybridized carbons (Fsp3) is 0.895. The average Bonchev–Trinajstić information content (AvgIpc) is 2.88. The van der Waals surface area contributed by atoms with Gasteiger partial charge in [0.25, 0.3) is 0 Å². The van der Waals surface area contributed by atoms with Gasteiger partial charge in [0, 0.05) is 18.3 Å². The number of allylic oxidation sites excluding steroid dienone is 2. The fourth-order valence-electron chi connectivity index (χ4n) is 5.87. The summed E-state index contributed by atoms with van der Waals surface area (Å²) in [7, 11) is 4.97. The molecule has 5 rings (SSSR count). The van der Waals surface area contributed by atoms with E-state index in [1.807, 2.05) is 0 Å². The summed E-state index contributed by atoms with van der Waals surface area (Å²) in [6.07, 6.45) is 9.44. The van der Waals surface area contributed by atoms with E-state index in [0.717, 1.165) is 36.9 Å². The molecular formula is C19H34N2O+2. The lowest BCUT2D eigenvalue weighted by Crippen LogP contribution is -2.53. The van der Waals surface area contributed by atoms with Crippen molar-refractivity contribution < 1.29 is 13.7 Å². The summed E-state index contributed by atoms with van der Waals surface area (Å²) in [5.74, 6) is 3.83. The van der Waals surface area contributed by atoms with E-state index >= 15 is 0 Å². The van der Waals surface area contributed by atoms with Crippen LogP contribution in [0.1, 0.15) is 19.3 Å². The first kappa shape index (κ1) is 15.2. The Morgan fingerprint density at radius 2 is 1.41 bits per heavy atom. The summed E-state index contributed by atoms with van der Waals surface area (Å²) in [6.45, 7) is 9.97. The van der Waals surface area contributed by atoms with Crippen LogP contribution in [0, 0.1) is 23.7 Å². The van der Waals surface area contributed by atoms with Gasteiger partial charge in [0.05, 0.1) is 53.5 Å². The zero-order chi connectivity index (χ0) is 15.2. The third kappa shape index (κ3) is 2.76. The minimum atomic E-state index is 0.916. The van der Waals surface area contributed by atoms with Gasteiger partial charge in [0.15, 0.2) is 0 Å². The molecule has 0 aromatic heterocycles. The number of fused-ring (bicyclic) bond motifs is 1. The van der Waals surface area contributed by atoms with Crippen LogP contribution in [-0.2, 0) is 4.74 Å². The molecule has 1 saturated carbocycles. The van der Waals surface area contributed by atoms with Gasteiger partial charge < -0.3 is 13.7 Å². The van der Waals surface area contributed by atoms with E-state index < -0.39 is 0 Å². The Morgan fingerprint density at radius 3 is 1.95 bits per heavy atom. The minimum absolute atomic E-state index is 0.916. The van der Waals surface area contributed by atoms with Crippen LogP contribution in [0.4, 0.5) is 0 Å². The number of likely N-dealkylation sites (tertiary alicyclic amines) is 1. The molecule has 5 atom stereocenters. The first-order chi connectivity index (χ1) is 10.6. The minimum Gasteiger partial charge on any atom is -0.370 e. The summed E-state index contributed by atoms with van der Waals surface area (Å²) in [6, 6.07) is 0. The molecule has 3 aliphatic carbocycles. The maximum atomic E-state index is 5.53. The number of hydrogen-bond donors (Lipinski definition) is 0. The van der Waals surface area contributed by atoms with Crippen LogP contribution >= 0.6 is 0 Å². The molecule has 3 fully saturated rings. The number of quaternary nitrogens is 2. The van der Waals surface area contributed by atoms with Crippen molar-refractivity contribution >= 4 is 0 Å². The van der Waals surface area contributed by atoms with Gasteiger partial charge in [-0.3, -0.25) is 0 Å². The zero-order valence-corrected chi connectivity index (χ0v) is 14.5. The van der Waals surface area contributed by atoms with Crippen molar-refractivity contribution in [1.82, 2.24) is 0 Å². The van der Waals surface area contributed by atoms with Crippen LogP contribution in [0.25, 0.3) is 0 Å². The zero-order valence-electron chi connectivity index (χ0n) is 14.5. The smallest absolute Gasteiger partial charge is 0.102 e. The lowest BCUT2D eigenvalue weighted by atomic mass is 9.64. The molecule has 0 N–H and O–H groups in total. The van der Waals surface area contributed by atoms with Crippen molar-refractivity contribution in [2.45, 2.75) is 19.3 Å². The number of nitrogens with zero attached hydrogens (tertiary/aromatic N) is 2. The van der Waals surface area contributed by atoms with Gasteiger partial charge in [0.1, 0.15) is 13.1 Å². The van der Waals surface area contributed by atoms with Crippen molar-refractivity contribution in [2.24, 2.45) is 23.7 Å². The average molecular weight is 306 g/mol. The van der Waals surface area contributed by atoms with Crippen LogP contribution in [0.15, 0.2) is 12.2 Å². The van der Waals surface area contributed by atoms with Crippen LogP contribution in [0.3, 0.4) is 0 Å². The maximum Gasteiger partial charge on any atom is 0.102 e. The number of hydrogen-bond acceptors (Lipinski definition) is 1. The van der Waals surface area contributed by atoms with Crippen molar-refractivity contribution in [2.75, 3.05) is 66.6 Å².